The van der Waals surface area contributed by atoms with Crippen LogP contribution in [0.25, 0.3) is 0 Å². The lowest BCUT2D eigenvalue weighted by Crippen LogP contribution is -2.01. The number of carbonyl (C=O) groups excluding carboxylic acids is 1. The Hall–Kier alpha value is -1.18. The molecule has 0 saturated heterocycles. The predicted molar refractivity (Wildman–Crippen MR) is 43.7 cm³/mol. The van der Waals surface area contributed by atoms with E-state index in [1.54, 1.807) is 13.1 Å². The Labute approximate surface area is 66.3 Å². The van der Waals surface area contributed by atoms with Crippen LogP contribution >= 0.6 is 0 Å². The number of hydrogen-bond donors (Lipinski definition) is 0. The minimum absolute atomic E-state index is 0.0908. The van der Waals surface area contributed by atoms with E-state index in [2.05, 4.69) is 4.98 Å². The van der Waals surface area contributed by atoms with Gasteiger partial charge in [-0.3, -0.25) is 9.78 Å². The summed E-state index contributed by atoms with van der Waals surface area (Å²) < 4.78 is 0. The van der Waals surface area contributed by atoms with Crippen molar-refractivity contribution in [2.45, 2.75) is 20.8 Å². The Morgan fingerprint density at radius 3 is 2.45 bits per heavy atom. The van der Waals surface area contributed by atoms with Gasteiger partial charge in [0.2, 0.25) is 0 Å². The lowest BCUT2D eigenvalue weighted by molar-refractivity contribution is 0.101. The standard InChI is InChI=1S/C9H11NO/c1-6-4-5-10-7(2)9(6)8(3)11/h4-5H,1-3H3. The molecule has 0 aliphatic rings. The monoisotopic (exact) mass is 149 g/mol. The molecule has 0 aliphatic heterocycles. The first-order chi connectivity index (χ1) is 5.13. The van der Waals surface area contributed by atoms with Gasteiger partial charge in [-0.05, 0) is 32.4 Å². The van der Waals surface area contributed by atoms with Gasteiger partial charge in [0.15, 0.2) is 5.78 Å². The van der Waals surface area contributed by atoms with Gasteiger partial charge in [0, 0.05) is 17.5 Å². The summed E-state index contributed by atoms with van der Waals surface area (Å²) in [4.78, 5) is 15.1. The highest BCUT2D eigenvalue weighted by Gasteiger charge is 2.06. The Bertz CT molecular complexity index is 271. The fourth-order valence-electron chi connectivity index (χ4n) is 1.23. The van der Waals surface area contributed by atoms with Crippen LogP contribution in [0.5, 0.6) is 0 Å². The van der Waals surface area contributed by atoms with E-state index in [0.717, 1.165) is 16.8 Å². The molecule has 0 N–H and O–H groups in total. The van der Waals surface area contributed by atoms with Crippen LogP contribution in [-0.2, 0) is 0 Å². The molecule has 0 radical (unpaired) electrons. The molecular weight excluding hydrogens is 138 g/mol. The van der Waals surface area contributed by atoms with Crippen molar-refractivity contribution in [3.8, 4) is 0 Å². The molecule has 2 heteroatoms. The van der Waals surface area contributed by atoms with Gasteiger partial charge in [-0.1, -0.05) is 0 Å². The Morgan fingerprint density at radius 1 is 1.45 bits per heavy atom. The summed E-state index contributed by atoms with van der Waals surface area (Å²) in [6.07, 6.45) is 1.72. The Morgan fingerprint density at radius 2 is 2.09 bits per heavy atom. The first-order valence-electron chi connectivity index (χ1n) is 3.56. The number of rotatable bonds is 1. The number of aromatic nitrogens is 1. The molecule has 11 heavy (non-hydrogen) atoms. The van der Waals surface area contributed by atoms with Crippen LogP contribution in [0, 0.1) is 13.8 Å². The summed E-state index contributed by atoms with van der Waals surface area (Å²) in [5.74, 6) is 0.0908. The first kappa shape index (κ1) is 7.92. The smallest absolute Gasteiger partial charge is 0.161 e. The number of aryl methyl sites for hydroxylation is 2. The van der Waals surface area contributed by atoms with E-state index in [-0.39, 0.29) is 5.78 Å². The lowest BCUT2D eigenvalue weighted by Gasteiger charge is -2.02. The van der Waals surface area contributed by atoms with Crippen molar-refractivity contribution in [3.05, 3.63) is 29.1 Å². The third kappa shape index (κ3) is 1.45. The zero-order chi connectivity index (χ0) is 8.43. The fourth-order valence-corrected chi connectivity index (χ4v) is 1.23. The van der Waals surface area contributed by atoms with Crippen molar-refractivity contribution in [1.29, 1.82) is 0 Å². The van der Waals surface area contributed by atoms with Crippen molar-refractivity contribution in [2.75, 3.05) is 0 Å². The highest BCUT2D eigenvalue weighted by atomic mass is 16.1. The number of ketones is 1. The van der Waals surface area contributed by atoms with Crippen molar-refractivity contribution in [1.82, 2.24) is 4.98 Å². The third-order valence-corrected chi connectivity index (χ3v) is 1.70. The van der Waals surface area contributed by atoms with E-state index in [4.69, 9.17) is 0 Å². The quantitative estimate of drug-likeness (QED) is 0.571. The van der Waals surface area contributed by atoms with Gasteiger partial charge >= 0.3 is 0 Å². The molecule has 0 bridgehead atoms. The number of hydrogen-bond acceptors (Lipinski definition) is 2. The summed E-state index contributed by atoms with van der Waals surface area (Å²) in [6.45, 7) is 5.34. The van der Waals surface area contributed by atoms with Gasteiger partial charge in [0.1, 0.15) is 0 Å². The van der Waals surface area contributed by atoms with E-state index < -0.39 is 0 Å². The van der Waals surface area contributed by atoms with Crippen LogP contribution in [0.3, 0.4) is 0 Å². The first-order valence-corrected chi connectivity index (χ1v) is 3.56. The van der Waals surface area contributed by atoms with Gasteiger partial charge in [-0.15, -0.1) is 0 Å². The second-order valence-electron chi connectivity index (χ2n) is 2.64. The molecule has 0 amide bonds. The zero-order valence-corrected chi connectivity index (χ0v) is 7.01. The predicted octanol–water partition coefficient (Wildman–Crippen LogP) is 1.90. The van der Waals surface area contributed by atoms with Crippen molar-refractivity contribution < 1.29 is 4.79 Å². The molecule has 1 rings (SSSR count). The summed E-state index contributed by atoms with van der Waals surface area (Å²) >= 11 is 0. The average molecular weight is 149 g/mol. The number of nitrogens with zero attached hydrogens (tertiary/aromatic N) is 1. The Kier molecular flexibility index (Phi) is 2.03. The number of pyridine rings is 1. The largest absolute Gasteiger partial charge is 0.294 e. The molecular formula is C9H11NO. The average Bonchev–Trinajstić information content (AvgIpc) is 1.85. The molecule has 0 aliphatic carbocycles. The molecule has 1 aromatic heterocycles. The number of carbonyl (C=O) groups is 1. The van der Waals surface area contributed by atoms with Crippen LogP contribution in [0.15, 0.2) is 12.3 Å². The van der Waals surface area contributed by atoms with Crippen LogP contribution in [0.2, 0.25) is 0 Å². The maximum Gasteiger partial charge on any atom is 0.161 e. The molecule has 0 aromatic carbocycles. The summed E-state index contributed by atoms with van der Waals surface area (Å²) in [5, 5.41) is 0. The second kappa shape index (κ2) is 2.82. The molecule has 1 heterocycles. The van der Waals surface area contributed by atoms with Crippen molar-refractivity contribution >= 4 is 5.78 Å². The molecule has 1 aromatic rings. The molecule has 0 spiro atoms. The van der Waals surface area contributed by atoms with E-state index in [9.17, 15) is 4.79 Å². The molecule has 2 nitrogen and oxygen atoms in total. The van der Waals surface area contributed by atoms with Crippen molar-refractivity contribution in [2.24, 2.45) is 0 Å². The molecule has 0 fully saturated rings. The van der Waals surface area contributed by atoms with E-state index >= 15 is 0 Å². The minimum atomic E-state index is 0.0908. The van der Waals surface area contributed by atoms with Gasteiger partial charge < -0.3 is 0 Å². The van der Waals surface area contributed by atoms with Crippen LogP contribution in [0.4, 0.5) is 0 Å². The highest BCUT2D eigenvalue weighted by molar-refractivity contribution is 5.96. The van der Waals surface area contributed by atoms with E-state index in [1.807, 2.05) is 19.9 Å². The number of Topliss-reactive ketones (excluding diaryl/α,β-unsaturated/α-hetero) is 1. The van der Waals surface area contributed by atoms with Gasteiger partial charge in [-0.25, -0.2) is 0 Å². The SMILES string of the molecule is CC(=O)c1c(C)ccnc1C. The van der Waals surface area contributed by atoms with Gasteiger partial charge in [-0.2, -0.15) is 0 Å². The zero-order valence-electron chi connectivity index (χ0n) is 7.01. The molecule has 0 saturated carbocycles. The van der Waals surface area contributed by atoms with Gasteiger partial charge in [0.05, 0.1) is 0 Å². The maximum absolute atomic E-state index is 11.0. The molecule has 58 valence electrons. The highest BCUT2D eigenvalue weighted by Crippen LogP contribution is 2.10. The maximum atomic E-state index is 11.0. The topological polar surface area (TPSA) is 30.0 Å². The van der Waals surface area contributed by atoms with E-state index in [0.29, 0.717) is 0 Å². The van der Waals surface area contributed by atoms with Crippen LogP contribution in [0.1, 0.15) is 28.5 Å². The van der Waals surface area contributed by atoms with Crippen LogP contribution < -0.4 is 0 Å². The van der Waals surface area contributed by atoms with Gasteiger partial charge in [0.25, 0.3) is 0 Å². The minimum Gasteiger partial charge on any atom is -0.294 e. The molecule has 0 atom stereocenters. The normalized spacial score (nSPS) is 9.73. The van der Waals surface area contributed by atoms with Crippen LogP contribution in [-0.4, -0.2) is 10.8 Å². The summed E-state index contributed by atoms with van der Waals surface area (Å²) in [7, 11) is 0. The molecule has 0 unspecified atom stereocenters. The van der Waals surface area contributed by atoms with E-state index in [1.165, 1.54) is 0 Å². The third-order valence-electron chi connectivity index (χ3n) is 1.70. The Balaban J connectivity index is 3.32. The summed E-state index contributed by atoms with van der Waals surface area (Å²) in [6, 6.07) is 1.85. The summed E-state index contributed by atoms with van der Waals surface area (Å²) in [5.41, 5.74) is 2.58. The second-order valence-corrected chi connectivity index (χ2v) is 2.64. The van der Waals surface area contributed by atoms with Crippen molar-refractivity contribution in [3.63, 3.8) is 0 Å². The lowest BCUT2D eigenvalue weighted by atomic mass is 10.1. The fraction of sp³-hybridized carbons (Fsp3) is 0.333.